The van der Waals surface area contributed by atoms with Gasteiger partial charge in [0, 0.05) is 12.5 Å². The van der Waals surface area contributed by atoms with Crippen molar-refractivity contribution < 1.29 is 18.3 Å². The molecule has 0 aliphatic rings. The smallest absolute Gasteiger partial charge is 0.338 e. The van der Waals surface area contributed by atoms with E-state index < -0.39 is 11.9 Å². The maximum absolute atomic E-state index is 14.2. The molecule has 0 atom stereocenters. The predicted molar refractivity (Wildman–Crippen MR) is 134 cm³/mol. The number of benzene rings is 3. The van der Waals surface area contributed by atoms with Gasteiger partial charge in [0.25, 0.3) is 5.92 Å². The summed E-state index contributed by atoms with van der Waals surface area (Å²) in [6.45, 7) is 13.7. The van der Waals surface area contributed by atoms with Crippen LogP contribution in [0.3, 0.4) is 0 Å². The van der Waals surface area contributed by atoms with Crippen molar-refractivity contribution in [1.29, 1.82) is 0 Å². The molecule has 0 bridgehead atoms. The molecule has 0 fully saturated rings. The first-order chi connectivity index (χ1) is 15.6. The molecule has 0 heterocycles. The third kappa shape index (κ3) is 6.31. The first kappa shape index (κ1) is 25.6. The molecule has 4 heteroatoms. The molecule has 0 saturated carbocycles. The van der Waals surface area contributed by atoms with Crippen molar-refractivity contribution in [2.24, 2.45) is 0 Å². The summed E-state index contributed by atoms with van der Waals surface area (Å²) in [5.41, 5.74) is 4.40. The molecular formula is C30H34F2O2. The van der Waals surface area contributed by atoms with Crippen molar-refractivity contribution in [2.75, 3.05) is 0 Å². The minimum Gasteiger partial charge on any atom is -0.457 e. The van der Waals surface area contributed by atoms with E-state index in [0.29, 0.717) is 5.56 Å². The quantitative estimate of drug-likeness (QED) is 0.354. The van der Waals surface area contributed by atoms with Crippen LogP contribution in [0.2, 0.25) is 0 Å². The van der Waals surface area contributed by atoms with Gasteiger partial charge < -0.3 is 4.74 Å². The monoisotopic (exact) mass is 464 g/mol. The van der Waals surface area contributed by atoms with E-state index in [2.05, 4.69) is 41.5 Å². The van der Waals surface area contributed by atoms with Gasteiger partial charge in [-0.3, -0.25) is 0 Å². The normalized spacial score (nSPS) is 12.5. The van der Waals surface area contributed by atoms with Crippen LogP contribution in [0.25, 0.3) is 11.1 Å². The topological polar surface area (TPSA) is 26.3 Å². The lowest BCUT2D eigenvalue weighted by molar-refractivity contribution is 0.0173. The van der Waals surface area contributed by atoms with Gasteiger partial charge in [0.05, 0.1) is 5.56 Å². The fourth-order valence-corrected chi connectivity index (χ4v) is 3.66. The molecule has 0 unspecified atom stereocenters. The number of carbonyl (C=O) groups is 1. The molecular weight excluding hydrogens is 430 g/mol. The number of halogens is 2. The average Bonchev–Trinajstić information content (AvgIpc) is 2.75. The Morgan fingerprint density at radius 2 is 1.18 bits per heavy atom. The molecule has 34 heavy (non-hydrogen) atoms. The van der Waals surface area contributed by atoms with Crippen LogP contribution in [-0.2, 0) is 28.1 Å². The zero-order valence-corrected chi connectivity index (χ0v) is 21.1. The van der Waals surface area contributed by atoms with Gasteiger partial charge in [-0.2, -0.15) is 0 Å². The van der Waals surface area contributed by atoms with Gasteiger partial charge in [-0.05, 0) is 56.8 Å². The first-order valence-electron chi connectivity index (χ1n) is 11.6. The second kappa shape index (κ2) is 9.32. The minimum absolute atomic E-state index is 0.0170. The molecule has 0 N–H and O–H groups in total. The molecule has 2 nitrogen and oxygen atoms in total. The third-order valence-electron chi connectivity index (χ3n) is 5.95. The molecule has 3 rings (SSSR count). The molecule has 0 aliphatic heterocycles. The lowest BCUT2D eigenvalue weighted by atomic mass is 9.86. The number of carbonyl (C=O) groups excluding carboxylic acids is 1. The fourth-order valence-electron chi connectivity index (χ4n) is 3.66. The van der Waals surface area contributed by atoms with Crippen molar-refractivity contribution in [3.05, 3.63) is 94.5 Å². The Morgan fingerprint density at radius 3 is 1.65 bits per heavy atom. The lowest BCUT2D eigenvalue weighted by Crippen LogP contribution is -2.12. The highest BCUT2D eigenvalue weighted by atomic mass is 19.3. The van der Waals surface area contributed by atoms with Crippen molar-refractivity contribution in [3.63, 3.8) is 0 Å². The van der Waals surface area contributed by atoms with E-state index >= 15 is 0 Å². The van der Waals surface area contributed by atoms with Crippen LogP contribution in [0, 0.1) is 0 Å². The summed E-state index contributed by atoms with van der Waals surface area (Å²) in [6, 6.07) is 19.9. The maximum atomic E-state index is 14.2. The molecule has 0 amide bonds. The van der Waals surface area contributed by atoms with Crippen LogP contribution < -0.4 is 0 Å². The average molecular weight is 465 g/mol. The Hall–Kier alpha value is -3.01. The zero-order valence-electron chi connectivity index (χ0n) is 21.1. The van der Waals surface area contributed by atoms with Crippen LogP contribution in [-0.4, -0.2) is 5.97 Å². The van der Waals surface area contributed by atoms with Gasteiger partial charge in [-0.1, -0.05) is 90.1 Å². The van der Waals surface area contributed by atoms with Gasteiger partial charge in [0.1, 0.15) is 6.61 Å². The standard InChI is InChI=1S/C30H34F2O2/c1-28(2,3)24-12-8-20(9-13-24)19-34-27(33)23-16-22(17-26(18-23)30(7,31)32)21-10-14-25(15-11-21)29(4,5)6/h8-18H,19H2,1-7H3. The summed E-state index contributed by atoms with van der Waals surface area (Å²) in [5, 5.41) is 0. The number of hydrogen-bond donors (Lipinski definition) is 0. The summed E-state index contributed by atoms with van der Waals surface area (Å²) in [6.07, 6.45) is 0. The minimum atomic E-state index is -3.08. The SMILES string of the molecule is CC(C)(C)c1ccc(COC(=O)c2cc(-c3ccc(C(C)(C)C)cc3)cc(C(C)(F)F)c2)cc1. The number of rotatable bonds is 5. The van der Waals surface area contributed by atoms with E-state index in [9.17, 15) is 13.6 Å². The molecule has 0 saturated heterocycles. The van der Waals surface area contributed by atoms with E-state index in [1.165, 1.54) is 17.7 Å². The highest BCUT2D eigenvalue weighted by Gasteiger charge is 2.27. The number of ether oxygens (including phenoxy) is 1. The van der Waals surface area contributed by atoms with Gasteiger partial charge >= 0.3 is 5.97 Å². The van der Waals surface area contributed by atoms with Crippen LogP contribution >= 0.6 is 0 Å². The van der Waals surface area contributed by atoms with Crippen molar-refractivity contribution >= 4 is 5.97 Å². The summed E-state index contributed by atoms with van der Waals surface area (Å²) in [7, 11) is 0. The van der Waals surface area contributed by atoms with Crippen molar-refractivity contribution in [3.8, 4) is 11.1 Å². The zero-order chi connectivity index (χ0) is 25.3. The summed E-state index contributed by atoms with van der Waals surface area (Å²) in [4.78, 5) is 12.8. The summed E-state index contributed by atoms with van der Waals surface area (Å²) in [5.74, 6) is -3.71. The largest absolute Gasteiger partial charge is 0.457 e. The Bertz CT molecular complexity index is 1140. The molecule has 3 aromatic rings. The summed E-state index contributed by atoms with van der Waals surface area (Å²) < 4.78 is 34.0. The first-order valence-corrected chi connectivity index (χ1v) is 11.6. The second-order valence-electron chi connectivity index (χ2n) is 11.0. The van der Waals surface area contributed by atoms with Crippen molar-refractivity contribution in [2.45, 2.75) is 71.8 Å². The second-order valence-corrected chi connectivity index (χ2v) is 11.0. The fraction of sp³-hybridized carbons (Fsp3) is 0.367. The highest BCUT2D eigenvalue weighted by Crippen LogP contribution is 2.33. The summed E-state index contributed by atoms with van der Waals surface area (Å²) >= 11 is 0. The van der Waals surface area contributed by atoms with E-state index in [4.69, 9.17) is 4.74 Å². The lowest BCUT2D eigenvalue weighted by Gasteiger charge is -2.20. The number of hydrogen-bond acceptors (Lipinski definition) is 2. The number of alkyl halides is 2. The predicted octanol–water partition coefficient (Wildman–Crippen LogP) is 8.42. The molecule has 3 aromatic carbocycles. The molecule has 180 valence electrons. The van der Waals surface area contributed by atoms with Crippen LogP contribution in [0.5, 0.6) is 0 Å². The van der Waals surface area contributed by atoms with Gasteiger partial charge in [0.2, 0.25) is 0 Å². The van der Waals surface area contributed by atoms with E-state index in [0.717, 1.165) is 23.6 Å². The number of esters is 1. The van der Waals surface area contributed by atoms with Gasteiger partial charge in [-0.25, -0.2) is 13.6 Å². The molecule has 0 spiro atoms. The Labute approximate surface area is 202 Å². The Balaban J connectivity index is 1.86. The van der Waals surface area contributed by atoms with E-state index in [1.807, 2.05) is 48.5 Å². The van der Waals surface area contributed by atoms with Crippen LogP contribution in [0.4, 0.5) is 8.78 Å². The highest BCUT2D eigenvalue weighted by molar-refractivity contribution is 5.91. The van der Waals surface area contributed by atoms with E-state index in [1.54, 1.807) is 6.07 Å². The third-order valence-corrected chi connectivity index (χ3v) is 5.95. The molecule has 0 aliphatic carbocycles. The van der Waals surface area contributed by atoms with Crippen LogP contribution in [0.1, 0.15) is 81.1 Å². The van der Waals surface area contributed by atoms with Crippen molar-refractivity contribution in [1.82, 2.24) is 0 Å². The van der Waals surface area contributed by atoms with Gasteiger partial charge in [0.15, 0.2) is 0 Å². The molecule has 0 radical (unpaired) electrons. The van der Waals surface area contributed by atoms with E-state index in [-0.39, 0.29) is 28.6 Å². The Morgan fingerprint density at radius 1 is 0.676 bits per heavy atom. The molecule has 0 aromatic heterocycles. The van der Waals surface area contributed by atoms with Gasteiger partial charge in [-0.15, -0.1) is 0 Å². The Kier molecular flexibility index (Phi) is 7.02. The van der Waals surface area contributed by atoms with Crippen LogP contribution in [0.15, 0.2) is 66.7 Å². The maximum Gasteiger partial charge on any atom is 0.338 e.